The molecule has 0 aromatic heterocycles. The Morgan fingerprint density at radius 2 is 1.56 bits per heavy atom. The first-order valence-electron chi connectivity index (χ1n) is 10.0. The predicted molar refractivity (Wildman–Crippen MR) is 124 cm³/mol. The largest absolute Gasteiger partial charge is 0.370 e. The Morgan fingerprint density at radius 1 is 0.906 bits per heavy atom. The first-order valence-corrected chi connectivity index (χ1v) is 10.4. The molecule has 0 unspecified atom stereocenters. The molecule has 0 radical (unpaired) electrons. The first kappa shape index (κ1) is 24.7. The van der Waals surface area contributed by atoms with Crippen LogP contribution in [-0.4, -0.2) is 42.3 Å². The average Bonchev–Trinajstić information content (AvgIpc) is 2.76. The van der Waals surface area contributed by atoms with E-state index in [0.717, 1.165) is 5.56 Å². The number of nitrogens with one attached hydrogen (secondary N) is 2. The molecule has 3 amide bonds. The summed E-state index contributed by atoms with van der Waals surface area (Å²) in [5.41, 5.74) is 17.3. The van der Waals surface area contributed by atoms with Gasteiger partial charge in [-0.05, 0) is 42.7 Å². The van der Waals surface area contributed by atoms with Crippen LogP contribution in [0.4, 0.5) is 0 Å². The SMILES string of the molecule is NC(=O)[C@H](Cc1ccccc1)NC(=O)[C@H](CCCN=C(N)N)NC(=O)c1ccc(Cl)cc1. The Balaban J connectivity index is 2.11. The number of halogens is 1. The minimum Gasteiger partial charge on any atom is -0.370 e. The van der Waals surface area contributed by atoms with Crippen molar-refractivity contribution in [2.45, 2.75) is 31.3 Å². The van der Waals surface area contributed by atoms with Gasteiger partial charge in [0.05, 0.1) is 0 Å². The number of amides is 3. The van der Waals surface area contributed by atoms with Crippen molar-refractivity contribution in [1.82, 2.24) is 10.6 Å². The Bertz CT molecular complexity index is 946. The van der Waals surface area contributed by atoms with E-state index in [2.05, 4.69) is 15.6 Å². The van der Waals surface area contributed by atoms with Crippen molar-refractivity contribution in [3.63, 3.8) is 0 Å². The second-order valence-electron chi connectivity index (χ2n) is 7.14. The fourth-order valence-corrected chi connectivity index (χ4v) is 3.09. The lowest BCUT2D eigenvalue weighted by Gasteiger charge is -2.22. The summed E-state index contributed by atoms with van der Waals surface area (Å²) < 4.78 is 0. The van der Waals surface area contributed by atoms with Crippen LogP contribution in [0.1, 0.15) is 28.8 Å². The van der Waals surface area contributed by atoms with Gasteiger partial charge >= 0.3 is 0 Å². The summed E-state index contributed by atoms with van der Waals surface area (Å²) >= 11 is 5.86. The molecule has 9 nitrogen and oxygen atoms in total. The van der Waals surface area contributed by atoms with Gasteiger partial charge in [0, 0.05) is 23.6 Å². The van der Waals surface area contributed by atoms with Gasteiger partial charge in [-0.25, -0.2) is 0 Å². The summed E-state index contributed by atoms with van der Waals surface area (Å²) in [6.07, 6.45) is 0.906. The maximum absolute atomic E-state index is 13.0. The summed E-state index contributed by atoms with van der Waals surface area (Å²) in [5.74, 6) is -1.72. The minimum absolute atomic E-state index is 0.0622. The van der Waals surface area contributed by atoms with Crippen molar-refractivity contribution in [3.05, 3.63) is 70.7 Å². The van der Waals surface area contributed by atoms with Gasteiger partial charge < -0.3 is 27.8 Å². The van der Waals surface area contributed by atoms with E-state index in [1.165, 1.54) is 0 Å². The van der Waals surface area contributed by atoms with Crippen molar-refractivity contribution in [2.24, 2.45) is 22.2 Å². The number of rotatable bonds is 11. The third-order valence-electron chi connectivity index (χ3n) is 4.62. The van der Waals surface area contributed by atoms with Crippen LogP contribution in [0.15, 0.2) is 59.6 Å². The second kappa shape index (κ2) is 12.3. The highest BCUT2D eigenvalue weighted by Gasteiger charge is 2.26. The zero-order valence-corrected chi connectivity index (χ0v) is 18.2. The van der Waals surface area contributed by atoms with Gasteiger partial charge in [0.25, 0.3) is 5.91 Å². The number of carbonyl (C=O) groups excluding carboxylic acids is 3. The van der Waals surface area contributed by atoms with E-state index < -0.39 is 29.8 Å². The minimum atomic E-state index is -0.933. The van der Waals surface area contributed by atoms with Crippen LogP contribution >= 0.6 is 11.6 Å². The number of nitrogens with two attached hydrogens (primary N) is 3. The number of carbonyl (C=O) groups is 3. The molecule has 32 heavy (non-hydrogen) atoms. The Kier molecular flexibility index (Phi) is 9.49. The molecule has 2 aromatic rings. The smallest absolute Gasteiger partial charge is 0.251 e. The van der Waals surface area contributed by atoms with E-state index in [-0.39, 0.29) is 25.3 Å². The van der Waals surface area contributed by atoms with Crippen molar-refractivity contribution in [2.75, 3.05) is 6.54 Å². The van der Waals surface area contributed by atoms with E-state index in [4.69, 9.17) is 28.8 Å². The lowest BCUT2D eigenvalue weighted by molar-refractivity contribution is -0.128. The number of benzene rings is 2. The number of primary amides is 1. The Hall–Kier alpha value is -3.59. The van der Waals surface area contributed by atoms with Crippen molar-refractivity contribution in [1.29, 1.82) is 0 Å². The molecule has 2 rings (SSSR count). The van der Waals surface area contributed by atoms with Gasteiger partial charge in [0.15, 0.2) is 5.96 Å². The predicted octanol–water partition coefficient (Wildman–Crippen LogP) is 0.705. The molecule has 170 valence electrons. The summed E-state index contributed by atoms with van der Waals surface area (Å²) in [7, 11) is 0. The molecule has 0 heterocycles. The van der Waals surface area contributed by atoms with Crippen LogP contribution in [0.5, 0.6) is 0 Å². The normalized spacial score (nSPS) is 12.3. The fraction of sp³-hybridized carbons (Fsp3) is 0.273. The number of hydrogen-bond acceptors (Lipinski definition) is 4. The van der Waals surface area contributed by atoms with Crippen LogP contribution in [-0.2, 0) is 16.0 Å². The molecule has 0 aliphatic rings. The molecule has 0 aliphatic carbocycles. The van der Waals surface area contributed by atoms with E-state index in [1.807, 2.05) is 30.3 Å². The van der Waals surface area contributed by atoms with Crippen LogP contribution < -0.4 is 27.8 Å². The van der Waals surface area contributed by atoms with Gasteiger partial charge in [-0.1, -0.05) is 41.9 Å². The summed E-state index contributed by atoms with van der Waals surface area (Å²) in [6.45, 7) is 0.284. The summed E-state index contributed by atoms with van der Waals surface area (Å²) in [6, 6.07) is 13.6. The molecule has 0 bridgehead atoms. The maximum Gasteiger partial charge on any atom is 0.251 e. The lowest BCUT2D eigenvalue weighted by Crippen LogP contribution is -2.53. The number of hydrogen-bond donors (Lipinski definition) is 5. The molecule has 10 heteroatoms. The van der Waals surface area contributed by atoms with Crippen molar-refractivity contribution >= 4 is 35.3 Å². The summed E-state index contributed by atoms with van der Waals surface area (Å²) in [4.78, 5) is 41.4. The zero-order chi connectivity index (χ0) is 23.5. The highest BCUT2D eigenvalue weighted by Crippen LogP contribution is 2.11. The molecule has 8 N–H and O–H groups in total. The third-order valence-corrected chi connectivity index (χ3v) is 4.87. The first-order chi connectivity index (χ1) is 15.3. The number of aliphatic imine (C=N–C) groups is 1. The average molecular weight is 459 g/mol. The lowest BCUT2D eigenvalue weighted by atomic mass is 10.0. The van der Waals surface area contributed by atoms with Crippen LogP contribution in [0.2, 0.25) is 5.02 Å². The monoisotopic (exact) mass is 458 g/mol. The molecule has 0 saturated heterocycles. The van der Waals surface area contributed by atoms with Crippen LogP contribution in [0.25, 0.3) is 0 Å². The topological polar surface area (TPSA) is 166 Å². The van der Waals surface area contributed by atoms with E-state index in [9.17, 15) is 14.4 Å². The van der Waals surface area contributed by atoms with Gasteiger partial charge in [-0.2, -0.15) is 0 Å². The molecule has 0 spiro atoms. The number of guanidine groups is 1. The van der Waals surface area contributed by atoms with Crippen molar-refractivity contribution < 1.29 is 14.4 Å². The molecule has 2 atom stereocenters. The van der Waals surface area contributed by atoms with Gasteiger partial charge in [-0.15, -0.1) is 0 Å². The van der Waals surface area contributed by atoms with Gasteiger partial charge in [0.1, 0.15) is 12.1 Å². The standard InChI is InChI=1S/C22H27ClN6O3/c23-16-10-8-15(9-11-16)20(31)28-17(7-4-12-27-22(25)26)21(32)29-18(19(24)30)13-14-5-2-1-3-6-14/h1-3,5-6,8-11,17-18H,4,7,12-13H2,(H2,24,30)(H,28,31)(H,29,32)(H4,25,26,27)/t17-,18-/m0/s1. The molecular weight excluding hydrogens is 432 g/mol. The molecule has 0 saturated carbocycles. The maximum atomic E-state index is 13.0. The third kappa shape index (κ3) is 8.27. The van der Waals surface area contributed by atoms with E-state index >= 15 is 0 Å². The zero-order valence-electron chi connectivity index (χ0n) is 17.5. The Labute approximate surface area is 191 Å². The fourth-order valence-electron chi connectivity index (χ4n) is 2.96. The van der Waals surface area contributed by atoms with Gasteiger partial charge in [-0.3, -0.25) is 19.4 Å². The van der Waals surface area contributed by atoms with Crippen molar-refractivity contribution in [3.8, 4) is 0 Å². The molecular formula is C22H27ClN6O3. The second-order valence-corrected chi connectivity index (χ2v) is 7.57. The molecule has 0 aliphatic heterocycles. The van der Waals surface area contributed by atoms with Crippen LogP contribution in [0, 0.1) is 0 Å². The molecule has 2 aromatic carbocycles. The molecule has 0 fully saturated rings. The summed E-state index contributed by atoms with van der Waals surface area (Å²) in [5, 5.41) is 5.82. The highest BCUT2D eigenvalue weighted by atomic mass is 35.5. The number of nitrogens with zero attached hydrogens (tertiary/aromatic N) is 1. The quantitative estimate of drug-likeness (QED) is 0.189. The van der Waals surface area contributed by atoms with E-state index in [1.54, 1.807) is 24.3 Å². The highest BCUT2D eigenvalue weighted by molar-refractivity contribution is 6.30. The van der Waals surface area contributed by atoms with Gasteiger partial charge in [0.2, 0.25) is 11.8 Å². The van der Waals surface area contributed by atoms with Crippen LogP contribution in [0.3, 0.4) is 0 Å². The Morgan fingerprint density at radius 3 is 2.16 bits per heavy atom. The van der Waals surface area contributed by atoms with E-state index in [0.29, 0.717) is 17.0 Å².